The van der Waals surface area contributed by atoms with E-state index in [1.54, 1.807) is 31.2 Å². The van der Waals surface area contributed by atoms with Crippen molar-refractivity contribution in [2.24, 2.45) is 5.92 Å². The van der Waals surface area contributed by atoms with Gasteiger partial charge < -0.3 is 10.1 Å². The highest BCUT2D eigenvalue weighted by Crippen LogP contribution is 2.38. The fourth-order valence-corrected chi connectivity index (χ4v) is 3.89. The number of ketones is 2. The van der Waals surface area contributed by atoms with Crippen LogP contribution in [0.25, 0.3) is 0 Å². The van der Waals surface area contributed by atoms with Crippen LogP contribution in [0.3, 0.4) is 0 Å². The molecule has 4 rings (SSSR count). The molecule has 3 aromatic rings. The molecule has 6 nitrogen and oxygen atoms in total. The van der Waals surface area contributed by atoms with Crippen molar-refractivity contribution >= 4 is 40.7 Å². The minimum Gasteiger partial charge on any atom is -0.453 e. The molecule has 33 heavy (non-hydrogen) atoms. The second-order valence-electron chi connectivity index (χ2n) is 7.49. The van der Waals surface area contributed by atoms with Crippen molar-refractivity contribution in [3.8, 4) is 0 Å². The maximum absolute atomic E-state index is 14.4. The van der Waals surface area contributed by atoms with E-state index in [1.807, 2.05) is 0 Å². The molecule has 1 heterocycles. The number of fused-ring (bicyclic) bond motifs is 1. The number of ether oxygens (including phenoxy) is 1. The fraction of sp³-hybridized carbons (Fsp3) is 0.120. The summed E-state index contributed by atoms with van der Waals surface area (Å²) in [6, 6.07) is 16.2. The third-order valence-corrected chi connectivity index (χ3v) is 5.89. The summed E-state index contributed by atoms with van der Waals surface area (Å²) in [6.45, 7) is 1.72. The quantitative estimate of drug-likeness (QED) is 0.246. The zero-order chi connectivity index (χ0) is 23.7. The number of halogens is 2. The van der Waals surface area contributed by atoms with Crippen molar-refractivity contribution in [3.63, 3.8) is 0 Å². The predicted octanol–water partition coefficient (Wildman–Crippen LogP) is 4.71. The van der Waals surface area contributed by atoms with Crippen LogP contribution in [0, 0.1) is 18.7 Å². The van der Waals surface area contributed by atoms with Gasteiger partial charge in [0, 0.05) is 5.56 Å². The normalized spacial score (nSPS) is 15.4. The number of benzene rings is 3. The molecule has 0 saturated heterocycles. The number of esters is 1. The van der Waals surface area contributed by atoms with Gasteiger partial charge in [0.15, 0.2) is 5.78 Å². The first kappa shape index (κ1) is 22.4. The SMILES string of the molecule is Cc1cccc(NC(=O)C(=O)[C@H](C(=O)c2ccccc2F)[C@H]2OC(=O)c3ccccc32)c1Cl. The van der Waals surface area contributed by atoms with Crippen LogP contribution in [-0.4, -0.2) is 23.4 Å². The van der Waals surface area contributed by atoms with Crippen molar-refractivity contribution in [2.75, 3.05) is 5.32 Å². The zero-order valence-electron chi connectivity index (χ0n) is 17.3. The molecule has 0 fully saturated rings. The first-order valence-electron chi connectivity index (χ1n) is 9.98. The van der Waals surface area contributed by atoms with Crippen LogP contribution < -0.4 is 5.32 Å². The highest BCUT2D eigenvalue weighted by molar-refractivity contribution is 6.46. The Morgan fingerprint density at radius 2 is 1.70 bits per heavy atom. The van der Waals surface area contributed by atoms with Gasteiger partial charge in [-0.2, -0.15) is 0 Å². The molecule has 1 N–H and O–H groups in total. The lowest BCUT2D eigenvalue weighted by molar-refractivity contribution is -0.138. The van der Waals surface area contributed by atoms with Crippen molar-refractivity contribution in [2.45, 2.75) is 13.0 Å². The number of aryl methyl sites for hydroxylation is 1. The standard InChI is InChI=1S/C25H17ClFNO5/c1-13-7-6-12-18(20(13)26)28-24(31)22(30)19(21(29)16-10-4-5-11-17(16)27)23-14-8-2-3-9-15(14)25(32)33-23/h2-12,19,23H,1H3,(H,28,31)/t19-,23-/m0/s1. The van der Waals surface area contributed by atoms with Crippen LogP contribution in [0.2, 0.25) is 5.02 Å². The van der Waals surface area contributed by atoms with Gasteiger partial charge in [-0.25, -0.2) is 9.18 Å². The first-order valence-corrected chi connectivity index (χ1v) is 10.4. The van der Waals surface area contributed by atoms with Crippen LogP contribution in [0.4, 0.5) is 10.1 Å². The Kier molecular flexibility index (Phi) is 6.07. The average Bonchev–Trinajstić information content (AvgIpc) is 3.13. The van der Waals surface area contributed by atoms with Gasteiger partial charge in [-0.05, 0) is 36.8 Å². The van der Waals surface area contributed by atoms with Gasteiger partial charge in [-0.1, -0.05) is 54.1 Å². The molecular weight excluding hydrogens is 449 g/mol. The van der Waals surface area contributed by atoms with Crippen LogP contribution in [0.5, 0.6) is 0 Å². The molecule has 3 aromatic carbocycles. The van der Waals surface area contributed by atoms with Gasteiger partial charge in [0.05, 0.1) is 21.8 Å². The Morgan fingerprint density at radius 1 is 1.00 bits per heavy atom. The van der Waals surface area contributed by atoms with Crippen LogP contribution in [0.15, 0.2) is 66.7 Å². The van der Waals surface area contributed by atoms with Crippen LogP contribution in [-0.2, 0) is 14.3 Å². The van der Waals surface area contributed by atoms with Crippen molar-refractivity contribution < 1.29 is 28.3 Å². The smallest absolute Gasteiger partial charge is 0.339 e. The van der Waals surface area contributed by atoms with E-state index in [2.05, 4.69) is 5.32 Å². The largest absolute Gasteiger partial charge is 0.453 e. The summed E-state index contributed by atoms with van der Waals surface area (Å²) in [5.41, 5.74) is 0.892. The maximum atomic E-state index is 14.4. The summed E-state index contributed by atoms with van der Waals surface area (Å²) < 4.78 is 19.7. The third kappa shape index (κ3) is 4.15. The molecule has 1 aliphatic heterocycles. The van der Waals surface area contributed by atoms with Gasteiger partial charge in [-0.3, -0.25) is 14.4 Å². The van der Waals surface area contributed by atoms with Crippen LogP contribution in [0.1, 0.15) is 37.9 Å². The lowest BCUT2D eigenvalue weighted by Crippen LogP contribution is -2.38. The number of anilines is 1. The van der Waals surface area contributed by atoms with Crippen molar-refractivity contribution in [1.82, 2.24) is 0 Å². The van der Waals surface area contributed by atoms with Crippen LogP contribution >= 0.6 is 11.6 Å². The molecule has 0 unspecified atom stereocenters. The highest BCUT2D eigenvalue weighted by atomic mass is 35.5. The van der Waals surface area contributed by atoms with Gasteiger partial charge >= 0.3 is 5.97 Å². The van der Waals surface area contributed by atoms with E-state index in [0.29, 0.717) is 5.56 Å². The molecule has 0 aromatic heterocycles. The Morgan fingerprint density at radius 3 is 2.45 bits per heavy atom. The second-order valence-corrected chi connectivity index (χ2v) is 7.87. The maximum Gasteiger partial charge on any atom is 0.339 e. The fourth-order valence-electron chi connectivity index (χ4n) is 3.71. The van der Waals surface area contributed by atoms with Crippen molar-refractivity contribution in [3.05, 3.63) is 99.8 Å². The molecule has 8 heteroatoms. The minimum absolute atomic E-state index is 0.170. The van der Waals surface area contributed by atoms with Gasteiger partial charge in [0.1, 0.15) is 17.8 Å². The molecule has 0 saturated carbocycles. The van der Waals surface area contributed by atoms with E-state index in [-0.39, 0.29) is 21.8 Å². The number of amides is 1. The molecule has 0 aliphatic carbocycles. The zero-order valence-corrected chi connectivity index (χ0v) is 18.1. The number of carbonyl (C=O) groups excluding carboxylic acids is 4. The summed E-state index contributed by atoms with van der Waals surface area (Å²) >= 11 is 6.20. The minimum atomic E-state index is -1.79. The molecule has 0 bridgehead atoms. The number of Topliss-reactive ketones (excluding diaryl/α,β-unsaturated/α-hetero) is 2. The summed E-state index contributed by atoms with van der Waals surface area (Å²) in [6.07, 6.45) is -1.38. The number of nitrogens with one attached hydrogen (secondary N) is 1. The first-order chi connectivity index (χ1) is 15.8. The molecule has 1 amide bonds. The summed E-state index contributed by atoms with van der Waals surface area (Å²) in [5, 5.41) is 2.63. The summed E-state index contributed by atoms with van der Waals surface area (Å²) in [4.78, 5) is 51.8. The number of hydrogen-bond donors (Lipinski definition) is 1. The monoisotopic (exact) mass is 465 g/mol. The molecule has 1 aliphatic rings. The van der Waals surface area contributed by atoms with E-state index in [9.17, 15) is 23.6 Å². The van der Waals surface area contributed by atoms with Gasteiger partial charge in [0.25, 0.3) is 5.91 Å². The third-order valence-electron chi connectivity index (χ3n) is 5.39. The molecule has 166 valence electrons. The molecule has 0 spiro atoms. The summed E-state index contributed by atoms with van der Waals surface area (Å²) in [7, 11) is 0. The Balaban J connectivity index is 1.74. The molecule has 0 radical (unpaired) electrons. The number of carbonyl (C=O) groups is 4. The lowest BCUT2D eigenvalue weighted by Gasteiger charge is -2.21. The topological polar surface area (TPSA) is 89.5 Å². The lowest BCUT2D eigenvalue weighted by atomic mass is 9.84. The van der Waals surface area contributed by atoms with Gasteiger partial charge in [-0.15, -0.1) is 0 Å². The Hall–Kier alpha value is -3.84. The van der Waals surface area contributed by atoms with E-state index in [0.717, 1.165) is 6.07 Å². The second kappa shape index (κ2) is 8.96. The average molecular weight is 466 g/mol. The highest BCUT2D eigenvalue weighted by Gasteiger charge is 2.46. The number of rotatable bonds is 6. The molecular formula is C25H17ClFNO5. The Bertz CT molecular complexity index is 1310. The van der Waals surface area contributed by atoms with E-state index >= 15 is 0 Å². The Labute approximate surface area is 193 Å². The van der Waals surface area contributed by atoms with Crippen molar-refractivity contribution in [1.29, 1.82) is 0 Å². The van der Waals surface area contributed by atoms with E-state index in [4.69, 9.17) is 16.3 Å². The van der Waals surface area contributed by atoms with Gasteiger partial charge in [0.2, 0.25) is 5.78 Å². The van der Waals surface area contributed by atoms with E-state index < -0.39 is 46.8 Å². The predicted molar refractivity (Wildman–Crippen MR) is 119 cm³/mol. The summed E-state index contributed by atoms with van der Waals surface area (Å²) in [5.74, 6) is -6.69. The number of cyclic esters (lactones) is 1. The number of hydrogen-bond acceptors (Lipinski definition) is 5. The molecule has 2 atom stereocenters. The van der Waals surface area contributed by atoms with E-state index in [1.165, 1.54) is 36.4 Å².